The van der Waals surface area contributed by atoms with Crippen LogP contribution in [0.25, 0.3) is 10.8 Å². The first-order valence-electron chi connectivity index (χ1n) is 6.69. The zero-order valence-electron chi connectivity index (χ0n) is 11.9. The lowest BCUT2D eigenvalue weighted by molar-refractivity contribution is -0.138. The molecule has 110 valence electrons. The number of carboxylic acid groups (broad SMARTS) is 1. The molecular formula is C16H18N2O3. The summed E-state index contributed by atoms with van der Waals surface area (Å²) in [6.45, 7) is 0.452. The first-order valence-corrected chi connectivity index (χ1v) is 6.69. The second kappa shape index (κ2) is 6.85. The molecule has 0 spiro atoms. The number of rotatable bonds is 6. The Hall–Kier alpha value is -2.40. The van der Waals surface area contributed by atoms with E-state index >= 15 is 0 Å². The summed E-state index contributed by atoms with van der Waals surface area (Å²) >= 11 is 0. The van der Waals surface area contributed by atoms with Crippen molar-refractivity contribution in [3.63, 3.8) is 0 Å². The summed E-state index contributed by atoms with van der Waals surface area (Å²) in [6, 6.07) is 14.3. The summed E-state index contributed by atoms with van der Waals surface area (Å²) < 4.78 is 0. The number of carbonyl (C=O) groups is 2. The quantitative estimate of drug-likeness (QED) is 0.844. The maximum Gasteiger partial charge on any atom is 0.322 e. The number of hydrogen-bond acceptors (Lipinski definition) is 3. The van der Waals surface area contributed by atoms with E-state index < -0.39 is 5.97 Å². The summed E-state index contributed by atoms with van der Waals surface area (Å²) in [6.07, 6.45) is 0. The minimum absolute atomic E-state index is 0.167. The van der Waals surface area contributed by atoms with E-state index in [1.165, 1.54) is 10.8 Å². The highest BCUT2D eigenvalue weighted by Gasteiger charge is 2.08. The molecule has 0 aliphatic carbocycles. The number of amides is 1. The van der Waals surface area contributed by atoms with Crippen molar-refractivity contribution in [1.82, 2.24) is 10.2 Å². The average Bonchev–Trinajstić information content (AvgIpc) is 2.45. The molecule has 0 aliphatic heterocycles. The highest BCUT2D eigenvalue weighted by Crippen LogP contribution is 2.16. The van der Waals surface area contributed by atoms with Crippen LogP contribution in [0, 0.1) is 0 Å². The van der Waals surface area contributed by atoms with Crippen LogP contribution >= 0.6 is 0 Å². The molecule has 2 aromatic rings. The van der Waals surface area contributed by atoms with Crippen molar-refractivity contribution in [3.05, 3.63) is 48.0 Å². The Kier molecular flexibility index (Phi) is 4.90. The predicted octanol–water partition coefficient (Wildman–Crippen LogP) is 1.47. The molecule has 5 nitrogen and oxygen atoms in total. The van der Waals surface area contributed by atoms with Gasteiger partial charge in [0.15, 0.2) is 0 Å². The minimum Gasteiger partial charge on any atom is -0.480 e. The van der Waals surface area contributed by atoms with E-state index in [2.05, 4.69) is 29.6 Å². The molecule has 0 aromatic heterocycles. The van der Waals surface area contributed by atoms with Gasteiger partial charge in [0.1, 0.15) is 6.54 Å². The molecule has 0 fully saturated rings. The van der Waals surface area contributed by atoms with Crippen LogP contribution in [-0.2, 0) is 16.1 Å². The number of hydrogen-bond donors (Lipinski definition) is 2. The number of fused-ring (bicyclic) bond motifs is 1. The van der Waals surface area contributed by atoms with Gasteiger partial charge in [-0.15, -0.1) is 0 Å². The SMILES string of the molecule is CN(CC(=O)NCC(=O)O)Cc1ccc2ccccc2c1. The summed E-state index contributed by atoms with van der Waals surface area (Å²) in [5, 5.41) is 13.2. The smallest absolute Gasteiger partial charge is 0.322 e. The Morgan fingerprint density at radius 1 is 1.14 bits per heavy atom. The summed E-state index contributed by atoms with van der Waals surface area (Å²) in [4.78, 5) is 23.8. The second-order valence-electron chi connectivity index (χ2n) is 5.02. The van der Waals surface area contributed by atoms with Crippen LogP contribution in [-0.4, -0.2) is 42.0 Å². The average molecular weight is 286 g/mol. The van der Waals surface area contributed by atoms with E-state index in [9.17, 15) is 9.59 Å². The molecule has 0 unspecified atom stereocenters. The lowest BCUT2D eigenvalue weighted by Crippen LogP contribution is -2.37. The summed E-state index contributed by atoms with van der Waals surface area (Å²) in [5.74, 6) is -1.33. The van der Waals surface area contributed by atoms with E-state index in [0.717, 1.165) is 5.56 Å². The van der Waals surface area contributed by atoms with Gasteiger partial charge >= 0.3 is 5.97 Å². The van der Waals surface area contributed by atoms with Crippen LogP contribution in [0.2, 0.25) is 0 Å². The fraction of sp³-hybridized carbons (Fsp3) is 0.250. The molecular weight excluding hydrogens is 268 g/mol. The molecule has 0 heterocycles. The lowest BCUT2D eigenvalue weighted by atomic mass is 10.1. The maximum atomic E-state index is 11.5. The maximum absolute atomic E-state index is 11.5. The van der Waals surface area contributed by atoms with Crippen molar-refractivity contribution < 1.29 is 14.7 Å². The Morgan fingerprint density at radius 2 is 1.86 bits per heavy atom. The Morgan fingerprint density at radius 3 is 2.57 bits per heavy atom. The van der Waals surface area contributed by atoms with Crippen LogP contribution in [0.4, 0.5) is 0 Å². The molecule has 1 amide bonds. The van der Waals surface area contributed by atoms with E-state index in [4.69, 9.17) is 5.11 Å². The molecule has 21 heavy (non-hydrogen) atoms. The third-order valence-corrected chi connectivity index (χ3v) is 3.12. The van der Waals surface area contributed by atoms with E-state index in [-0.39, 0.29) is 19.0 Å². The largest absolute Gasteiger partial charge is 0.480 e. The number of carboxylic acids is 1. The molecule has 5 heteroatoms. The Balaban J connectivity index is 1.93. The summed E-state index contributed by atoms with van der Waals surface area (Å²) in [7, 11) is 1.83. The van der Waals surface area contributed by atoms with Crippen LogP contribution in [0.1, 0.15) is 5.56 Å². The van der Waals surface area contributed by atoms with Gasteiger partial charge in [-0.05, 0) is 29.4 Å². The van der Waals surface area contributed by atoms with E-state index in [0.29, 0.717) is 6.54 Å². The zero-order chi connectivity index (χ0) is 15.2. The molecule has 2 rings (SSSR count). The first-order chi connectivity index (χ1) is 10.0. The molecule has 0 saturated carbocycles. The van der Waals surface area contributed by atoms with Crippen molar-refractivity contribution in [2.24, 2.45) is 0 Å². The van der Waals surface area contributed by atoms with Crippen LogP contribution < -0.4 is 5.32 Å². The Labute approximate surface area is 123 Å². The van der Waals surface area contributed by atoms with Gasteiger partial charge in [-0.3, -0.25) is 14.5 Å². The number of nitrogens with zero attached hydrogens (tertiary/aromatic N) is 1. The molecule has 0 bridgehead atoms. The standard InChI is InChI=1S/C16H18N2O3/c1-18(11-15(19)17-9-16(20)21)10-12-6-7-13-4-2-3-5-14(13)8-12/h2-8H,9-11H2,1H3,(H,17,19)(H,20,21). The van der Waals surface area contributed by atoms with Crippen molar-refractivity contribution in [1.29, 1.82) is 0 Å². The van der Waals surface area contributed by atoms with Gasteiger partial charge in [0.2, 0.25) is 5.91 Å². The number of carbonyl (C=O) groups excluding carboxylic acids is 1. The lowest BCUT2D eigenvalue weighted by Gasteiger charge is -2.16. The van der Waals surface area contributed by atoms with Gasteiger partial charge in [0, 0.05) is 6.54 Å². The van der Waals surface area contributed by atoms with Gasteiger partial charge < -0.3 is 10.4 Å². The first kappa shape index (κ1) is 15.0. The molecule has 0 saturated heterocycles. The predicted molar refractivity (Wildman–Crippen MR) is 80.9 cm³/mol. The number of likely N-dealkylation sites (N-methyl/N-ethyl adjacent to an activating group) is 1. The molecule has 2 aromatic carbocycles. The fourth-order valence-corrected chi connectivity index (χ4v) is 2.18. The number of aliphatic carboxylic acids is 1. The highest BCUT2D eigenvalue weighted by molar-refractivity contribution is 5.83. The van der Waals surface area contributed by atoms with E-state index in [1.807, 2.05) is 30.1 Å². The summed E-state index contributed by atoms with van der Waals surface area (Å²) in [5.41, 5.74) is 1.11. The molecule has 0 atom stereocenters. The highest BCUT2D eigenvalue weighted by atomic mass is 16.4. The van der Waals surface area contributed by atoms with Crippen molar-refractivity contribution in [2.75, 3.05) is 20.1 Å². The Bertz CT molecular complexity index is 655. The van der Waals surface area contributed by atoms with Gasteiger partial charge in [0.25, 0.3) is 0 Å². The van der Waals surface area contributed by atoms with Crippen LogP contribution in [0.3, 0.4) is 0 Å². The van der Waals surface area contributed by atoms with Gasteiger partial charge in [-0.25, -0.2) is 0 Å². The monoisotopic (exact) mass is 286 g/mol. The van der Waals surface area contributed by atoms with Crippen LogP contribution in [0.15, 0.2) is 42.5 Å². The minimum atomic E-state index is -1.04. The number of nitrogens with one attached hydrogen (secondary N) is 1. The molecule has 2 N–H and O–H groups in total. The van der Waals surface area contributed by atoms with Crippen molar-refractivity contribution in [3.8, 4) is 0 Å². The van der Waals surface area contributed by atoms with Gasteiger partial charge in [-0.1, -0.05) is 36.4 Å². The zero-order valence-corrected chi connectivity index (χ0v) is 11.9. The van der Waals surface area contributed by atoms with Crippen molar-refractivity contribution in [2.45, 2.75) is 6.54 Å². The third-order valence-electron chi connectivity index (χ3n) is 3.12. The third kappa shape index (κ3) is 4.57. The van der Waals surface area contributed by atoms with E-state index in [1.54, 1.807) is 0 Å². The fourth-order valence-electron chi connectivity index (χ4n) is 2.18. The molecule has 0 aliphatic rings. The number of benzene rings is 2. The van der Waals surface area contributed by atoms with Gasteiger partial charge in [-0.2, -0.15) is 0 Å². The molecule has 0 radical (unpaired) electrons. The van der Waals surface area contributed by atoms with Crippen molar-refractivity contribution >= 4 is 22.6 Å². The van der Waals surface area contributed by atoms with Crippen LogP contribution in [0.5, 0.6) is 0 Å². The normalized spacial score (nSPS) is 10.8. The second-order valence-corrected chi connectivity index (χ2v) is 5.02. The van der Waals surface area contributed by atoms with Gasteiger partial charge in [0.05, 0.1) is 6.54 Å². The topological polar surface area (TPSA) is 69.6 Å².